The summed E-state index contributed by atoms with van der Waals surface area (Å²) in [6, 6.07) is 1.81. The fourth-order valence-electron chi connectivity index (χ4n) is 0.796. The van der Waals surface area contributed by atoms with Gasteiger partial charge in [-0.2, -0.15) is 0 Å². The molecule has 0 radical (unpaired) electrons. The Bertz CT molecular complexity index is 400. The minimum absolute atomic E-state index is 0.359. The summed E-state index contributed by atoms with van der Waals surface area (Å²) in [5.41, 5.74) is 1.30. The molecule has 56 valence electrons. The highest BCUT2D eigenvalue weighted by atomic mass is 127. The first-order valence-electron chi connectivity index (χ1n) is 2.83. The van der Waals surface area contributed by atoms with E-state index in [0.29, 0.717) is 10.7 Å². The lowest BCUT2D eigenvalue weighted by molar-refractivity contribution is 0.582. The predicted molar refractivity (Wildman–Crippen MR) is 49.5 cm³/mol. The molecule has 3 nitrogen and oxygen atoms in total. The van der Waals surface area contributed by atoms with Gasteiger partial charge in [0.15, 0.2) is 14.5 Å². The van der Waals surface area contributed by atoms with Crippen LogP contribution in [0.2, 0.25) is 5.15 Å². The van der Waals surface area contributed by atoms with Gasteiger partial charge in [-0.1, -0.05) is 11.6 Å². The molecule has 2 aromatic rings. The molecule has 0 amide bonds. The highest BCUT2D eigenvalue weighted by Crippen LogP contribution is 2.23. The topological polar surface area (TPSA) is 38.9 Å². The number of fused-ring (bicyclic) bond motifs is 1. The monoisotopic (exact) mass is 280 g/mol. The maximum absolute atomic E-state index is 5.72. The molecule has 0 atom stereocenters. The maximum atomic E-state index is 5.72. The van der Waals surface area contributed by atoms with Crippen molar-refractivity contribution in [2.75, 3.05) is 0 Å². The normalized spacial score (nSPS) is 10.7. The molecule has 0 saturated heterocycles. The van der Waals surface area contributed by atoms with Gasteiger partial charge >= 0.3 is 0 Å². The first-order chi connectivity index (χ1) is 5.27. The SMILES string of the molecule is Clc1ncnc2cc(I)oc12. The van der Waals surface area contributed by atoms with E-state index < -0.39 is 0 Å². The first-order valence-corrected chi connectivity index (χ1v) is 4.28. The average molecular weight is 280 g/mol. The molecule has 0 saturated carbocycles. The molecule has 0 aromatic carbocycles. The van der Waals surface area contributed by atoms with Gasteiger partial charge in [-0.15, -0.1) is 0 Å². The second-order valence-corrected chi connectivity index (χ2v) is 3.35. The van der Waals surface area contributed by atoms with Crippen LogP contribution in [0.1, 0.15) is 0 Å². The first kappa shape index (κ1) is 7.30. The summed E-state index contributed by atoms with van der Waals surface area (Å²) >= 11 is 7.78. The summed E-state index contributed by atoms with van der Waals surface area (Å²) in [6.07, 6.45) is 1.41. The fourth-order valence-corrected chi connectivity index (χ4v) is 1.49. The van der Waals surface area contributed by atoms with Gasteiger partial charge in [0.05, 0.1) is 0 Å². The zero-order chi connectivity index (χ0) is 7.84. The summed E-state index contributed by atoms with van der Waals surface area (Å²) in [6.45, 7) is 0. The van der Waals surface area contributed by atoms with Gasteiger partial charge in [-0.05, 0) is 22.6 Å². The predicted octanol–water partition coefficient (Wildman–Crippen LogP) is 2.48. The van der Waals surface area contributed by atoms with Crippen LogP contribution >= 0.6 is 34.2 Å². The van der Waals surface area contributed by atoms with Gasteiger partial charge in [0.2, 0.25) is 0 Å². The molecule has 2 rings (SSSR count). The van der Waals surface area contributed by atoms with Gasteiger partial charge in [-0.3, -0.25) is 0 Å². The van der Waals surface area contributed by atoms with Crippen LogP contribution in [0.5, 0.6) is 0 Å². The summed E-state index contributed by atoms with van der Waals surface area (Å²) in [5, 5.41) is 0.359. The molecule has 0 fully saturated rings. The standard InChI is InChI=1S/C6H2ClIN2O/c7-6-5-3(9-2-10-6)1-4(8)11-5/h1-2H. The van der Waals surface area contributed by atoms with Crippen LogP contribution < -0.4 is 0 Å². The molecule has 0 unspecified atom stereocenters. The summed E-state index contributed by atoms with van der Waals surface area (Å²) < 4.78 is 5.99. The molecule has 0 aliphatic heterocycles. The minimum Gasteiger partial charge on any atom is -0.445 e. The molecular weight excluding hydrogens is 278 g/mol. The third-order valence-corrected chi connectivity index (χ3v) is 2.04. The van der Waals surface area contributed by atoms with Gasteiger partial charge in [0, 0.05) is 6.07 Å². The van der Waals surface area contributed by atoms with Crippen LogP contribution in [0.3, 0.4) is 0 Å². The number of halogens is 2. The molecule has 0 spiro atoms. The van der Waals surface area contributed by atoms with Crippen molar-refractivity contribution < 1.29 is 4.42 Å². The Labute approximate surface area is 80.9 Å². The van der Waals surface area contributed by atoms with E-state index in [4.69, 9.17) is 16.0 Å². The molecule has 2 heterocycles. The van der Waals surface area contributed by atoms with Gasteiger partial charge in [0.25, 0.3) is 0 Å². The Morgan fingerprint density at radius 2 is 2.27 bits per heavy atom. The van der Waals surface area contributed by atoms with Crippen LogP contribution in [-0.4, -0.2) is 9.97 Å². The van der Waals surface area contributed by atoms with Crippen molar-refractivity contribution >= 4 is 45.3 Å². The van der Waals surface area contributed by atoms with Gasteiger partial charge in [-0.25, -0.2) is 9.97 Å². The Balaban J connectivity index is 2.90. The van der Waals surface area contributed by atoms with E-state index in [9.17, 15) is 0 Å². The number of hydrogen-bond acceptors (Lipinski definition) is 3. The molecule has 5 heteroatoms. The number of furan rings is 1. The largest absolute Gasteiger partial charge is 0.445 e. The van der Waals surface area contributed by atoms with Crippen LogP contribution in [-0.2, 0) is 0 Å². The summed E-state index contributed by atoms with van der Waals surface area (Å²) in [4.78, 5) is 7.75. The van der Waals surface area contributed by atoms with Crippen molar-refractivity contribution in [3.8, 4) is 0 Å². The fraction of sp³-hybridized carbons (Fsp3) is 0. The van der Waals surface area contributed by atoms with Crippen LogP contribution in [0.15, 0.2) is 16.8 Å². The second-order valence-electron chi connectivity index (χ2n) is 1.93. The van der Waals surface area contributed by atoms with Crippen molar-refractivity contribution in [1.82, 2.24) is 9.97 Å². The quantitative estimate of drug-likeness (QED) is 0.550. The van der Waals surface area contributed by atoms with Crippen molar-refractivity contribution in [2.45, 2.75) is 0 Å². The van der Waals surface area contributed by atoms with E-state index in [-0.39, 0.29) is 0 Å². The minimum atomic E-state index is 0.359. The van der Waals surface area contributed by atoms with E-state index in [1.54, 1.807) is 0 Å². The van der Waals surface area contributed by atoms with Crippen molar-refractivity contribution in [2.24, 2.45) is 0 Å². The zero-order valence-electron chi connectivity index (χ0n) is 5.21. The van der Waals surface area contributed by atoms with E-state index in [1.165, 1.54) is 6.33 Å². The average Bonchev–Trinajstić information content (AvgIpc) is 2.31. The molecule has 11 heavy (non-hydrogen) atoms. The number of nitrogens with zero attached hydrogens (tertiary/aromatic N) is 2. The number of rotatable bonds is 0. The molecule has 0 aliphatic carbocycles. The molecule has 2 aromatic heterocycles. The van der Waals surface area contributed by atoms with Crippen molar-refractivity contribution in [1.29, 1.82) is 0 Å². The third-order valence-electron chi connectivity index (χ3n) is 1.24. The van der Waals surface area contributed by atoms with Crippen molar-refractivity contribution in [3.63, 3.8) is 0 Å². The molecule has 0 aliphatic rings. The summed E-state index contributed by atoms with van der Waals surface area (Å²) in [5.74, 6) is 0. The lowest BCUT2D eigenvalue weighted by Gasteiger charge is -1.86. The van der Waals surface area contributed by atoms with Crippen molar-refractivity contribution in [3.05, 3.63) is 21.3 Å². The molecule has 0 N–H and O–H groups in total. The highest BCUT2D eigenvalue weighted by molar-refractivity contribution is 14.1. The van der Waals surface area contributed by atoms with E-state index in [2.05, 4.69) is 32.6 Å². The Morgan fingerprint density at radius 3 is 3.00 bits per heavy atom. The lowest BCUT2D eigenvalue weighted by Crippen LogP contribution is -1.77. The number of aromatic nitrogens is 2. The Morgan fingerprint density at radius 1 is 1.45 bits per heavy atom. The Hall–Kier alpha value is -0.360. The zero-order valence-corrected chi connectivity index (χ0v) is 8.13. The van der Waals surface area contributed by atoms with Gasteiger partial charge in [0.1, 0.15) is 11.8 Å². The van der Waals surface area contributed by atoms with E-state index in [1.807, 2.05) is 6.07 Å². The maximum Gasteiger partial charge on any atom is 0.191 e. The number of hydrogen-bond donors (Lipinski definition) is 0. The van der Waals surface area contributed by atoms with Gasteiger partial charge < -0.3 is 4.42 Å². The third kappa shape index (κ3) is 1.20. The second kappa shape index (κ2) is 2.60. The Kier molecular flexibility index (Phi) is 1.72. The van der Waals surface area contributed by atoms with E-state index in [0.717, 1.165) is 9.28 Å². The van der Waals surface area contributed by atoms with Crippen LogP contribution in [0, 0.1) is 3.77 Å². The van der Waals surface area contributed by atoms with Crippen LogP contribution in [0.25, 0.3) is 11.1 Å². The molecule has 0 bridgehead atoms. The van der Waals surface area contributed by atoms with E-state index >= 15 is 0 Å². The van der Waals surface area contributed by atoms with Crippen LogP contribution in [0.4, 0.5) is 0 Å². The molecular formula is C6H2ClIN2O. The highest BCUT2D eigenvalue weighted by Gasteiger charge is 2.05. The smallest absolute Gasteiger partial charge is 0.191 e. The lowest BCUT2D eigenvalue weighted by atomic mass is 10.5. The summed E-state index contributed by atoms with van der Waals surface area (Å²) in [7, 11) is 0.